The third kappa shape index (κ3) is 2.20. The molecule has 0 fully saturated rings. The number of allylic oxidation sites excluding steroid dienone is 2. The van der Waals surface area contributed by atoms with Crippen LogP contribution in [0.15, 0.2) is 23.5 Å². The van der Waals surface area contributed by atoms with Crippen LogP contribution in [0, 0.1) is 11.8 Å². The largest absolute Gasteiger partial charge is 0.412 e. The summed E-state index contributed by atoms with van der Waals surface area (Å²) < 4.78 is 15.5. The smallest absolute Gasteiger partial charge is 0.403 e. The van der Waals surface area contributed by atoms with Crippen LogP contribution in [0.1, 0.15) is 6.92 Å². The topological polar surface area (TPSA) is 46.8 Å². The Kier molecular flexibility index (Phi) is 3.18. The number of carbonyl (C=O) groups is 1. The fourth-order valence-electron chi connectivity index (χ4n) is 1.36. The van der Waals surface area contributed by atoms with E-state index in [0.29, 0.717) is 23.7 Å². The highest BCUT2D eigenvalue weighted by atomic mass is 16.7. The second-order valence-corrected chi connectivity index (χ2v) is 3.23. The molecule has 1 aliphatic carbocycles. The van der Waals surface area contributed by atoms with Gasteiger partial charge in [-0.05, 0) is 6.92 Å². The van der Waals surface area contributed by atoms with Crippen LogP contribution in [0.2, 0.25) is 0 Å². The van der Waals surface area contributed by atoms with Crippen LogP contribution in [-0.4, -0.2) is 31.6 Å². The molecule has 2 rings (SSSR count). The first kappa shape index (κ1) is 10.7. The van der Waals surface area contributed by atoms with Crippen LogP contribution in [0.25, 0.3) is 0 Å². The monoisotopic (exact) mass is 219 g/mol. The summed E-state index contributed by atoms with van der Waals surface area (Å²) in [5, 5.41) is 0. The van der Waals surface area contributed by atoms with E-state index < -0.39 is 0 Å². The van der Waals surface area contributed by atoms with Crippen LogP contribution in [0.4, 0.5) is 0 Å². The summed E-state index contributed by atoms with van der Waals surface area (Å²) in [7, 11) is 0. The molecule has 2 aliphatic rings. The SMILES string of the molecule is CC#CCOCC1=CC2=[O+]COC2=CC1=O. The highest BCUT2D eigenvalue weighted by molar-refractivity contribution is 6.19. The Labute approximate surface area is 93.2 Å². The van der Waals surface area contributed by atoms with Crippen molar-refractivity contribution in [3.63, 3.8) is 0 Å². The first-order valence-electron chi connectivity index (χ1n) is 4.88. The van der Waals surface area contributed by atoms with Gasteiger partial charge in [-0.15, -0.1) is 5.92 Å². The minimum atomic E-state index is -0.103. The number of ether oxygens (including phenoxy) is 2. The van der Waals surface area contributed by atoms with Gasteiger partial charge in [0.2, 0.25) is 5.76 Å². The number of carbonyl (C=O) groups excluding carboxylic acids is 2. The lowest BCUT2D eigenvalue weighted by Crippen LogP contribution is -2.16. The van der Waals surface area contributed by atoms with Crippen molar-refractivity contribution in [3.8, 4) is 11.8 Å². The zero-order valence-electron chi connectivity index (χ0n) is 8.91. The Bertz CT molecular complexity index is 457. The van der Waals surface area contributed by atoms with Crippen LogP contribution >= 0.6 is 0 Å². The summed E-state index contributed by atoms with van der Waals surface area (Å²) in [5.41, 5.74) is 0.558. The molecule has 1 heterocycles. The molecule has 0 spiro atoms. The van der Waals surface area contributed by atoms with Gasteiger partial charge in [-0.25, -0.2) is 4.42 Å². The first-order chi connectivity index (χ1) is 7.81. The molecule has 0 unspecified atom stereocenters. The van der Waals surface area contributed by atoms with Gasteiger partial charge in [0.1, 0.15) is 6.61 Å². The van der Waals surface area contributed by atoms with Gasteiger partial charge in [-0.3, -0.25) is 4.79 Å². The number of rotatable bonds is 3. The molecule has 0 radical (unpaired) electrons. The van der Waals surface area contributed by atoms with Gasteiger partial charge in [0, 0.05) is 11.6 Å². The number of fused-ring (bicyclic) bond motifs is 1. The van der Waals surface area contributed by atoms with E-state index in [-0.39, 0.29) is 19.2 Å². The average Bonchev–Trinajstić information content (AvgIpc) is 2.71. The van der Waals surface area contributed by atoms with Crippen molar-refractivity contribution in [2.75, 3.05) is 20.0 Å². The van der Waals surface area contributed by atoms with Gasteiger partial charge in [0.25, 0.3) is 0 Å². The maximum Gasteiger partial charge on any atom is 0.412 e. The molecule has 4 heteroatoms. The molecule has 0 aromatic rings. The summed E-state index contributed by atoms with van der Waals surface area (Å²) in [6, 6.07) is 0. The van der Waals surface area contributed by atoms with Crippen molar-refractivity contribution < 1.29 is 18.7 Å². The highest BCUT2D eigenvalue weighted by Crippen LogP contribution is 2.16. The number of hydrogen-bond acceptors (Lipinski definition) is 3. The van der Waals surface area contributed by atoms with Crippen molar-refractivity contribution in [1.29, 1.82) is 0 Å². The summed E-state index contributed by atoms with van der Waals surface area (Å²) in [6.45, 7) is 2.47. The lowest BCUT2D eigenvalue weighted by molar-refractivity contribution is -0.484. The third-order valence-corrected chi connectivity index (χ3v) is 2.16. The van der Waals surface area contributed by atoms with Gasteiger partial charge >= 0.3 is 12.6 Å². The zero-order chi connectivity index (χ0) is 11.4. The van der Waals surface area contributed by atoms with Gasteiger partial charge in [-0.2, -0.15) is 0 Å². The summed E-state index contributed by atoms with van der Waals surface area (Å²) in [4.78, 5) is 11.6. The normalized spacial score (nSPS) is 17.6. The van der Waals surface area contributed by atoms with E-state index in [1.165, 1.54) is 6.08 Å². The number of ketones is 2. The third-order valence-electron chi connectivity index (χ3n) is 2.16. The van der Waals surface area contributed by atoms with Crippen molar-refractivity contribution in [1.82, 2.24) is 0 Å². The molecule has 0 bridgehead atoms. The maximum atomic E-state index is 11.6. The van der Waals surface area contributed by atoms with E-state index >= 15 is 0 Å². The lowest BCUT2D eigenvalue weighted by Gasteiger charge is -2.05. The molecule has 1 aliphatic heterocycles. The molecule has 4 nitrogen and oxygen atoms in total. The molecule has 0 saturated heterocycles. The van der Waals surface area contributed by atoms with Crippen molar-refractivity contribution in [2.24, 2.45) is 0 Å². The average molecular weight is 219 g/mol. The molecule has 0 amide bonds. The van der Waals surface area contributed by atoms with Crippen molar-refractivity contribution in [2.45, 2.75) is 6.92 Å². The van der Waals surface area contributed by atoms with Crippen LogP contribution in [0.5, 0.6) is 0 Å². The quantitative estimate of drug-likeness (QED) is 0.301. The predicted octanol–water partition coefficient (Wildman–Crippen LogP) is 0.512. The summed E-state index contributed by atoms with van der Waals surface area (Å²) in [6.07, 6.45) is 3.08. The van der Waals surface area contributed by atoms with Crippen molar-refractivity contribution >= 4 is 11.6 Å². The predicted molar refractivity (Wildman–Crippen MR) is 56.4 cm³/mol. The molecule has 16 heavy (non-hydrogen) atoms. The summed E-state index contributed by atoms with van der Waals surface area (Å²) in [5.74, 6) is 6.47. The highest BCUT2D eigenvalue weighted by Gasteiger charge is 2.32. The Hall–Kier alpha value is -1.86. The Morgan fingerprint density at radius 3 is 3.25 bits per heavy atom. The maximum absolute atomic E-state index is 11.6. The first-order valence-corrected chi connectivity index (χ1v) is 4.88. The van der Waals surface area contributed by atoms with Gasteiger partial charge in [0.05, 0.1) is 12.7 Å². The fraction of sp³-hybridized carbons (Fsp3) is 0.333. The van der Waals surface area contributed by atoms with Crippen molar-refractivity contribution in [3.05, 3.63) is 23.5 Å². The second kappa shape index (κ2) is 4.77. The Morgan fingerprint density at radius 2 is 2.44 bits per heavy atom. The minimum Gasteiger partial charge on any atom is -0.403 e. The zero-order valence-corrected chi connectivity index (χ0v) is 8.91. The van der Waals surface area contributed by atoms with E-state index in [1.807, 2.05) is 0 Å². The van der Waals surface area contributed by atoms with Crippen LogP contribution in [-0.2, 0) is 18.7 Å². The lowest BCUT2D eigenvalue weighted by atomic mass is 10.0. The standard InChI is InChI=1S/C12H11O4/c1-2-3-4-14-7-9-5-11-12(6-10(9)13)16-8-15-11/h5-6H,4,7-8H2,1H3/q+1. The van der Waals surface area contributed by atoms with Crippen LogP contribution in [0.3, 0.4) is 0 Å². The van der Waals surface area contributed by atoms with E-state index in [1.54, 1.807) is 13.0 Å². The van der Waals surface area contributed by atoms with Gasteiger partial charge < -0.3 is 9.47 Å². The van der Waals surface area contributed by atoms with Crippen LogP contribution < -0.4 is 0 Å². The molecular formula is C12H11O4+. The minimum absolute atomic E-state index is 0.103. The molecule has 0 aromatic heterocycles. The molecule has 0 atom stereocenters. The fourth-order valence-corrected chi connectivity index (χ4v) is 1.36. The molecule has 0 aromatic carbocycles. The van der Waals surface area contributed by atoms with Gasteiger partial charge in [0.15, 0.2) is 5.78 Å². The van der Waals surface area contributed by atoms with E-state index in [2.05, 4.69) is 11.8 Å². The molecule has 0 N–H and O–H groups in total. The van der Waals surface area contributed by atoms with E-state index in [4.69, 9.17) is 13.9 Å². The summed E-state index contributed by atoms with van der Waals surface area (Å²) >= 11 is 0. The second-order valence-electron chi connectivity index (χ2n) is 3.23. The van der Waals surface area contributed by atoms with Gasteiger partial charge in [-0.1, -0.05) is 5.92 Å². The molecular weight excluding hydrogens is 208 g/mol. The number of hydrogen-bond donors (Lipinski definition) is 0. The van der Waals surface area contributed by atoms with E-state index in [9.17, 15) is 4.79 Å². The molecule has 82 valence electrons. The Morgan fingerprint density at radius 1 is 1.56 bits per heavy atom. The Balaban J connectivity index is 1.99. The van der Waals surface area contributed by atoms with E-state index in [0.717, 1.165) is 0 Å². The molecule has 0 saturated carbocycles.